The van der Waals surface area contributed by atoms with Gasteiger partial charge in [-0.15, -0.1) is 11.8 Å². The lowest BCUT2D eigenvalue weighted by molar-refractivity contribution is -0.116. The lowest BCUT2D eigenvalue weighted by atomic mass is 10.1. The first-order valence-corrected chi connectivity index (χ1v) is 9.40. The van der Waals surface area contributed by atoms with E-state index in [4.69, 9.17) is 4.74 Å². The van der Waals surface area contributed by atoms with E-state index in [0.29, 0.717) is 6.42 Å². The largest absolute Gasteiger partial charge is 0.496 e. The van der Waals surface area contributed by atoms with Crippen LogP contribution in [0.25, 0.3) is 10.8 Å². The SMILES string of the molecule is COc1ccc(NC(=O)CCCSc2ccc(F)cc2)c2ccccc12. The van der Waals surface area contributed by atoms with Crippen LogP contribution in [0, 0.1) is 5.82 Å². The highest BCUT2D eigenvalue weighted by atomic mass is 32.2. The minimum absolute atomic E-state index is 0.0139. The first-order chi connectivity index (χ1) is 12.7. The van der Waals surface area contributed by atoms with Crippen molar-refractivity contribution < 1.29 is 13.9 Å². The van der Waals surface area contributed by atoms with Crippen molar-refractivity contribution >= 4 is 34.1 Å². The van der Waals surface area contributed by atoms with Crippen LogP contribution in [0.15, 0.2) is 65.6 Å². The van der Waals surface area contributed by atoms with Gasteiger partial charge >= 0.3 is 0 Å². The van der Waals surface area contributed by atoms with E-state index in [1.54, 1.807) is 31.0 Å². The van der Waals surface area contributed by atoms with Gasteiger partial charge < -0.3 is 10.1 Å². The molecule has 3 aromatic rings. The number of rotatable bonds is 7. The minimum atomic E-state index is -0.236. The fourth-order valence-corrected chi connectivity index (χ4v) is 3.58. The molecule has 0 aromatic heterocycles. The number of thioether (sulfide) groups is 1. The topological polar surface area (TPSA) is 38.3 Å². The molecule has 0 heterocycles. The molecule has 0 saturated carbocycles. The summed E-state index contributed by atoms with van der Waals surface area (Å²) in [6.45, 7) is 0. The zero-order valence-corrected chi connectivity index (χ0v) is 15.3. The van der Waals surface area contributed by atoms with Crippen LogP contribution in [0.1, 0.15) is 12.8 Å². The van der Waals surface area contributed by atoms with Gasteiger partial charge in [0.25, 0.3) is 0 Å². The van der Waals surface area contributed by atoms with Gasteiger partial charge in [-0.05, 0) is 48.6 Å². The molecule has 134 valence electrons. The average molecular weight is 369 g/mol. The summed E-state index contributed by atoms with van der Waals surface area (Å²) in [5, 5.41) is 4.92. The lowest BCUT2D eigenvalue weighted by Crippen LogP contribution is -2.11. The standard InChI is InChI=1S/C21H20FNO2S/c1-25-20-13-12-19(17-5-2-3-6-18(17)20)23-21(24)7-4-14-26-16-10-8-15(22)9-11-16/h2-3,5-6,8-13H,4,7,14H2,1H3,(H,23,24). The van der Waals surface area contributed by atoms with Crippen molar-refractivity contribution in [3.63, 3.8) is 0 Å². The number of nitrogens with one attached hydrogen (secondary N) is 1. The Morgan fingerprint density at radius 2 is 1.77 bits per heavy atom. The number of fused-ring (bicyclic) bond motifs is 1. The summed E-state index contributed by atoms with van der Waals surface area (Å²) in [6, 6.07) is 18.0. The highest BCUT2D eigenvalue weighted by Crippen LogP contribution is 2.31. The number of carbonyl (C=O) groups is 1. The van der Waals surface area contributed by atoms with Crippen LogP contribution in [0.5, 0.6) is 5.75 Å². The Balaban J connectivity index is 1.55. The molecule has 0 saturated heterocycles. The van der Waals surface area contributed by atoms with E-state index >= 15 is 0 Å². The van der Waals surface area contributed by atoms with Crippen LogP contribution < -0.4 is 10.1 Å². The lowest BCUT2D eigenvalue weighted by Gasteiger charge is -2.11. The predicted molar refractivity (Wildman–Crippen MR) is 105 cm³/mol. The zero-order chi connectivity index (χ0) is 18.4. The van der Waals surface area contributed by atoms with Crippen LogP contribution in [-0.2, 0) is 4.79 Å². The highest BCUT2D eigenvalue weighted by molar-refractivity contribution is 7.99. The number of halogens is 1. The molecule has 0 bridgehead atoms. The van der Waals surface area contributed by atoms with Gasteiger partial charge in [0.05, 0.1) is 7.11 Å². The molecule has 26 heavy (non-hydrogen) atoms. The van der Waals surface area contributed by atoms with Gasteiger partial charge in [0.15, 0.2) is 0 Å². The molecule has 0 aliphatic carbocycles. The van der Waals surface area contributed by atoms with E-state index in [0.717, 1.165) is 39.3 Å². The Bertz CT molecular complexity index is 896. The summed E-state index contributed by atoms with van der Waals surface area (Å²) >= 11 is 1.62. The fourth-order valence-electron chi connectivity index (χ4n) is 2.72. The molecular formula is C21H20FNO2S. The number of hydrogen-bond acceptors (Lipinski definition) is 3. The molecule has 0 unspecified atom stereocenters. The van der Waals surface area contributed by atoms with Crippen LogP contribution in [0.3, 0.4) is 0 Å². The Kier molecular flexibility index (Phi) is 6.12. The van der Waals surface area contributed by atoms with Gasteiger partial charge in [-0.25, -0.2) is 4.39 Å². The molecule has 1 amide bonds. The fraction of sp³-hybridized carbons (Fsp3) is 0.190. The molecule has 0 atom stereocenters. The molecule has 0 radical (unpaired) electrons. The Labute approximate surface area is 156 Å². The average Bonchev–Trinajstić information content (AvgIpc) is 2.67. The molecule has 0 aliphatic heterocycles. The minimum Gasteiger partial charge on any atom is -0.496 e. The van der Waals surface area contributed by atoms with Gasteiger partial charge in [0, 0.05) is 27.8 Å². The molecule has 3 aromatic carbocycles. The van der Waals surface area contributed by atoms with Gasteiger partial charge in [-0.2, -0.15) is 0 Å². The molecule has 0 spiro atoms. The summed E-state index contributed by atoms with van der Waals surface area (Å²) in [7, 11) is 1.64. The number of anilines is 1. The van der Waals surface area contributed by atoms with Crippen molar-refractivity contribution in [3.8, 4) is 5.75 Å². The molecule has 0 aliphatic rings. The monoisotopic (exact) mass is 369 g/mol. The van der Waals surface area contributed by atoms with Crippen molar-refractivity contribution in [1.29, 1.82) is 0 Å². The summed E-state index contributed by atoms with van der Waals surface area (Å²) in [6.07, 6.45) is 1.19. The maximum atomic E-state index is 12.9. The number of carbonyl (C=O) groups excluding carboxylic acids is 1. The Morgan fingerprint density at radius 1 is 1.04 bits per heavy atom. The third-order valence-corrected chi connectivity index (χ3v) is 5.11. The number of methoxy groups -OCH3 is 1. The van der Waals surface area contributed by atoms with Crippen molar-refractivity contribution in [1.82, 2.24) is 0 Å². The van der Waals surface area contributed by atoms with E-state index in [9.17, 15) is 9.18 Å². The van der Waals surface area contributed by atoms with Crippen LogP contribution in [0.2, 0.25) is 0 Å². The predicted octanol–water partition coefficient (Wildman–Crippen LogP) is 5.50. The van der Waals surface area contributed by atoms with Gasteiger partial charge in [0.1, 0.15) is 11.6 Å². The van der Waals surface area contributed by atoms with E-state index in [1.807, 2.05) is 36.4 Å². The molecular weight excluding hydrogens is 349 g/mol. The van der Waals surface area contributed by atoms with E-state index in [-0.39, 0.29) is 11.7 Å². The van der Waals surface area contributed by atoms with Gasteiger partial charge in [0.2, 0.25) is 5.91 Å². The number of amides is 1. The van der Waals surface area contributed by atoms with Crippen LogP contribution in [-0.4, -0.2) is 18.8 Å². The van der Waals surface area contributed by atoms with Crippen molar-refractivity contribution in [3.05, 3.63) is 66.5 Å². The molecule has 3 rings (SSSR count). The van der Waals surface area contributed by atoms with E-state index < -0.39 is 0 Å². The second-order valence-corrected chi connectivity index (χ2v) is 6.98. The highest BCUT2D eigenvalue weighted by Gasteiger charge is 2.09. The van der Waals surface area contributed by atoms with E-state index in [1.165, 1.54) is 12.1 Å². The number of ether oxygens (including phenoxy) is 1. The zero-order valence-electron chi connectivity index (χ0n) is 14.5. The normalized spacial score (nSPS) is 10.7. The maximum absolute atomic E-state index is 12.9. The van der Waals surface area contributed by atoms with E-state index in [2.05, 4.69) is 5.32 Å². The second-order valence-electron chi connectivity index (χ2n) is 5.82. The number of hydrogen-bond donors (Lipinski definition) is 1. The second kappa shape index (κ2) is 8.72. The van der Waals surface area contributed by atoms with Crippen molar-refractivity contribution in [2.75, 3.05) is 18.2 Å². The first-order valence-electron chi connectivity index (χ1n) is 8.41. The molecule has 1 N–H and O–H groups in total. The Hall–Kier alpha value is -2.53. The Morgan fingerprint density at radius 3 is 2.50 bits per heavy atom. The summed E-state index contributed by atoms with van der Waals surface area (Å²) < 4.78 is 18.3. The smallest absolute Gasteiger partial charge is 0.224 e. The number of benzene rings is 3. The summed E-state index contributed by atoms with van der Waals surface area (Å²) in [5.41, 5.74) is 0.789. The summed E-state index contributed by atoms with van der Waals surface area (Å²) in [4.78, 5) is 13.3. The third-order valence-electron chi connectivity index (χ3n) is 4.01. The van der Waals surface area contributed by atoms with Crippen molar-refractivity contribution in [2.45, 2.75) is 17.7 Å². The summed E-state index contributed by atoms with van der Waals surface area (Å²) in [5.74, 6) is 1.34. The van der Waals surface area contributed by atoms with Crippen molar-refractivity contribution in [2.24, 2.45) is 0 Å². The third kappa shape index (κ3) is 4.55. The van der Waals surface area contributed by atoms with Gasteiger partial charge in [-0.3, -0.25) is 4.79 Å². The van der Waals surface area contributed by atoms with Crippen LogP contribution >= 0.6 is 11.8 Å². The molecule has 3 nitrogen and oxygen atoms in total. The van der Waals surface area contributed by atoms with Gasteiger partial charge in [-0.1, -0.05) is 24.3 Å². The quantitative estimate of drug-likeness (QED) is 0.441. The first kappa shape index (κ1) is 18.3. The maximum Gasteiger partial charge on any atom is 0.224 e. The van der Waals surface area contributed by atoms with Crippen LogP contribution in [0.4, 0.5) is 10.1 Å². The molecule has 5 heteroatoms. The molecule has 0 fully saturated rings.